The fourth-order valence-electron chi connectivity index (χ4n) is 2.17. The minimum atomic E-state index is 0.312. The van der Waals surface area contributed by atoms with Gasteiger partial charge >= 0.3 is 0 Å². The van der Waals surface area contributed by atoms with Gasteiger partial charge in [0.05, 0.1) is 0 Å². The lowest BCUT2D eigenvalue weighted by molar-refractivity contribution is 0.0738. The van der Waals surface area contributed by atoms with Gasteiger partial charge in [-0.3, -0.25) is 0 Å². The minimum absolute atomic E-state index is 0.312. The van der Waals surface area contributed by atoms with Gasteiger partial charge in [-0.2, -0.15) is 0 Å². The van der Waals surface area contributed by atoms with Gasteiger partial charge in [0, 0.05) is 30.0 Å². The molecule has 0 aromatic carbocycles. The summed E-state index contributed by atoms with van der Waals surface area (Å²) in [6.45, 7) is 0.941. The maximum atomic E-state index is 5.71. The summed E-state index contributed by atoms with van der Waals surface area (Å²) in [4.78, 5) is 6.57. The van der Waals surface area contributed by atoms with Gasteiger partial charge in [0.2, 0.25) is 0 Å². The number of aromatic nitrogens is 1. The molecule has 4 heteroatoms. The Morgan fingerprint density at radius 1 is 1.50 bits per heavy atom. The van der Waals surface area contributed by atoms with Crippen molar-refractivity contribution in [1.29, 1.82) is 0 Å². The highest BCUT2D eigenvalue weighted by molar-refractivity contribution is 5.48. The van der Waals surface area contributed by atoms with Gasteiger partial charge in [-0.15, -0.1) is 0 Å². The predicted molar refractivity (Wildman–Crippen MR) is 67.4 cm³/mol. The maximum absolute atomic E-state index is 5.71. The van der Waals surface area contributed by atoms with Crippen molar-refractivity contribution in [2.75, 3.05) is 31.7 Å². The average molecular weight is 220 g/mol. The molecule has 0 bridgehead atoms. The summed E-state index contributed by atoms with van der Waals surface area (Å²) in [6, 6.07) is 3.68. The molecule has 1 fully saturated rings. The van der Waals surface area contributed by atoms with Crippen molar-refractivity contribution in [2.24, 2.45) is 0 Å². The van der Waals surface area contributed by atoms with Crippen LogP contribution in [0.5, 0.6) is 0 Å². The van der Waals surface area contributed by atoms with Crippen molar-refractivity contribution in [1.82, 2.24) is 9.88 Å². The van der Waals surface area contributed by atoms with Gasteiger partial charge in [0.1, 0.15) is 5.82 Å². The van der Waals surface area contributed by atoms with E-state index in [1.54, 1.807) is 12.3 Å². The highest BCUT2D eigenvalue weighted by atomic mass is 15.2. The van der Waals surface area contributed by atoms with E-state index in [2.05, 4.69) is 29.3 Å². The largest absolute Gasteiger partial charge is 0.399 e. The second kappa shape index (κ2) is 4.29. The van der Waals surface area contributed by atoms with Crippen LogP contribution in [0.3, 0.4) is 0 Å². The summed E-state index contributed by atoms with van der Waals surface area (Å²) in [5, 5.41) is 3.38. The Balaban J connectivity index is 1.96. The Labute approximate surface area is 96.8 Å². The zero-order valence-corrected chi connectivity index (χ0v) is 10.0. The van der Waals surface area contributed by atoms with E-state index in [0.717, 1.165) is 18.1 Å². The number of nitrogens with one attached hydrogen (secondary N) is 1. The van der Waals surface area contributed by atoms with E-state index < -0.39 is 0 Å². The first-order valence-corrected chi connectivity index (χ1v) is 5.75. The number of nitrogen functional groups attached to an aromatic ring is 1. The smallest absolute Gasteiger partial charge is 0.128 e. The van der Waals surface area contributed by atoms with E-state index in [4.69, 9.17) is 5.73 Å². The standard InChI is InChI=1S/C12H20N4/c1-16(2)12(5-3-6-12)9-15-11-8-10(13)4-7-14-11/h4,7-8H,3,5-6,9H2,1-2H3,(H3,13,14,15). The predicted octanol–water partition coefficient (Wildman–Crippen LogP) is 1.56. The number of nitrogens with zero attached hydrogens (tertiary/aromatic N) is 2. The van der Waals surface area contributed by atoms with Crippen LogP contribution in [0.1, 0.15) is 19.3 Å². The van der Waals surface area contributed by atoms with Gasteiger partial charge in [0.25, 0.3) is 0 Å². The normalized spacial score (nSPS) is 18.2. The highest BCUT2D eigenvalue weighted by Crippen LogP contribution is 2.36. The molecule has 1 aliphatic rings. The topological polar surface area (TPSA) is 54.2 Å². The van der Waals surface area contributed by atoms with E-state index in [1.807, 2.05) is 6.07 Å². The van der Waals surface area contributed by atoms with Crippen LogP contribution >= 0.6 is 0 Å². The molecule has 2 rings (SSSR count). The molecule has 1 heterocycles. The summed E-state index contributed by atoms with van der Waals surface area (Å²) in [6.07, 6.45) is 5.58. The van der Waals surface area contributed by atoms with Gasteiger partial charge in [-0.1, -0.05) is 0 Å². The van der Waals surface area contributed by atoms with Crippen LogP contribution in [0.4, 0.5) is 11.5 Å². The van der Waals surface area contributed by atoms with Crippen LogP contribution in [0.15, 0.2) is 18.3 Å². The first kappa shape index (κ1) is 11.2. The molecule has 0 spiro atoms. The Kier molecular flexibility index (Phi) is 3.01. The van der Waals surface area contributed by atoms with Gasteiger partial charge in [-0.25, -0.2) is 4.98 Å². The maximum Gasteiger partial charge on any atom is 0.128 e. The van der Waals surface area contributed by atoms with E-state index in [9.17, 15) is 0 Å². The Bertz CT molecular complexity index is 358. The van der Waals surface area contributed by atoms with Crippen LogP contribution in [-0.2, 0) is 0 Å². The van der Waals surface area contributed by atoms with Crippen LogP contribution in [0, 0.1) is 0 Å². The summed E-state index contributed by atoms with van der Waals surface area (Å²) < 4.78 is 0. The third kappa shape index (κ3) is 2.11. The van der Waals surface area contributed by atoms with Crippen molar-refractivity contribution in [3.8, 4) is 0 Å². The highest BCUT2D eigenvalue weighted by Gasteiger charge is 2.38. The number of rotatable bonds is 4. The van der Waals surface area contributed by atoms with Gasteiger partial charge < -0.3 is 16.0 Å². The van der Waals surface area contributed by atoms with Crippen molar-refractivity contribution >= 4 is 11.5 Å². The van der Waals surface area contributed by atoms with Crippen molar-refractivity contribution in [2.45, 2.75) is 24.8 Å². The molecule has 0 radical (unpaired) electrons. The van der Waals surface area contributed by atoms with Crippen LogP contribution in [0.2, 0.25) is 0 Å². The number of likely N-dealkylation sites (N-methyl/N-ethyl adjacent to an activating group) is 1. The molecule has 0 saturated heterocycles. The van der Waals surface area contributed by atoms with E-state index in [0.29, 0.717) is 5.54 Å². The summed E-state index contributed by atoms with van der Waals surface area (Å²) in [5.74, 6) is 0.869. The molecule has 1 aromatic rings. The van der Waals surface area contributed by atoms with Crippen LogP contribution < -0.4 is 11.1 Å². The number of hydrogen-bond acceptors (Lipinski definition) is 4. The zero-order chi connectivity index (χ0) is 11.6. The molecule has 0 aliphatic heterocycles. The molecular weight excluding hydrogens is 200 g/mol. The summed E-state index contributed by atoms with van der Waals surface area (Å²) in [7, 11) is 4.29. The zero-order valence-electron chi connectivity index (χ0n) is 10.0. The lowest BCUT2D eigenvalue weighted by Gasteiger charge is -2.47. The third-order valence-corrected chi connectivity index (χ3v) is 3.62. The minimum Gasteiger partial charge on any atom is -0.399 e. The molecule has 0 atom stereocenters. The molecule has 1 aromatic heterocycles. The number of hydrogen-bond donors (Lipinski definition) is 2. The molecule has 1 saturated carbocycles. The fourth-order valence-corrected chi connectivity index (χ4v) is 2.17. The van der Waals surface area contributed by atoms with Gasteiger partial charge in [-0.05, 0) is 39.4 Å². The second-order valence-corrected chi connectivity index (χ2v) is 4.80. The van der Waals surface area contributed by atoms with Crippen molar-refractivity contribution < 1.29 is 0 Å². The molecular formula is C12H20N4. The first-order chi connectivity index (χ1) is 7.62. The molecule has 3 N–H and O–H groups in total. The quantitative estimate of drug-likeness (QED) is 0.808. The second-order valence-electron chi connectivity index (χ2n) is 4.80. The molecule has 0 unspecified atom stereocenters. The van der Waals surface area contributed by atoms with E-state index in [1.165, 1.54) is 19.3 Å². The monoisotopic (exact) mass is 220 g/mol. The molecule has 4 nitrogen and oxygen atoms in total. The third-order valence-electron chi connectivity index (χ3n) is 3.62. The average Bonchev–Trinajstić information content (AvgIpc) is 2.15. The van der Waals surface area contributed by atoms with Crippen molar-refractivity contribution in [3.63, 3.8) is 0 Å². The summed E-state index contributed by atoms with van der Waals surface area (Å²) in [5.41, 5.74) is 6.78. The number of pyridine rings is 1. The molecule has 88 valence electrons. The number of anilines is 2. The van der Waals surface area contributed by atoms with Crippen molar-refractivity contribution in [3.05, 3.63) is 18.3 Å². The van der Waals surface area contributed by atoms with E-state index in [-0.39, 0.29) is 0 Å². The van der Waals surface area contributed by atoms with Crippen LogP contribution in [-0.4, -0.2) is 36.1 Å². The SMILES string of the molecule is CN(C)C1(CNc2cc(N)ccn2)CCC1. The molecule has 1 aliphatic carbocycles. The molecule has 0 amide bonds. The lowest BCUT2D eigenvalue weighted by atomic mass is 9.75. The Hall–Kier alpha value is -1.29. The Morgan fingerprint density at radius 2 is 2.25 bits per heavy atom. The lowest BCUT2D eigenvalue weighted by Crippen LogP contribution is -2.54. The first-order valence-electron chi connectivity index (χ1n) is 5.75. The molecule has 16 heavy (non-hydrogen) atoms. The summed E-state index contributed by atoms with van der Waals surface area (Å²) >= 11 is 0. The van der Waals surface area contributed by atoms with E-state index >= 15 is 0 Å². The van der Waals surface area contributed by atoms with Gasteiger partial charge in [0.15, 0.2) is 0 Å². The Morgan fingerprint density at radius 3 is 2.75 bits per heavy atom. The fraction of sp³-hybridized carbons (Fsp3) is 0.583. The number of nitrogens with two attached hydrogens (primary N) is 1. The van der Waals surface area contributed by atoms with Crippen LogP contribution in [0.25, 0.3) is 0 Å².